The molecule has 0 spiro atoms. The second-order valence-corrected chi connectivity index (χ2v) is 7.43. The summed E-state index contributed by atoms with van der Waals surface area (Å²) in [6.45, 7) is 4.50. The van der Waals surface area contributed by atoms with Crippen LogP contribution in [0.15, 0.2) is 34.6 Å². The number of guanidine groups is 1. The normalized spacial score (nSPS) is 14.5. The van der Waals surface area contributed by atoms with Crippen molar-refractivity contribution in [2.24, 2.45) is 4.99 Å². The van der Waals surface area contributed by atoms with Gasteiger partial charge in [-0.25, -0.2) is 4.98 Å². The van der Waals surface area contributed by atoms with Crippen LogP contribution >= 0.6 is 35.3 Å². The number of aromatic nitrogens is 1. The Morgan fingerprint density at radius 3 is 2.43 bits per heavy atom. The van der Waals surface area contributed by atoms with E-state index in [1.165, 1.54) is 5.69 Å². The quantitative estimate of drug-likeness (QED) is 0.375. The van der Waals surface area contributed by atoms with Crippen molar-refractivity contribution in [3.05, 3.63) is 35.3 Å². The molecule has 154 valence electrons. The number of benzene rings is 1. The monoisotopic (exact) mass is 516 g/mol. The molecule has 2 heterocycles. The predicted molar refractivity (Wildman–Crippen MR) is 129 cm³/mol. The molecule has 9 heteroatoms. The standard InChI is InChI=1S/C19H28N6OS.HI/c1-20-18(21-13-15-14-27-19(22-15)23(2)3)25-11-9-24(10-12-25)16-5-7-17(26-4)8-6-16;/h5-8,14H,9-13H2,1-4H3,(H,20,21);1H. The van der Waals surface area contributed by atoms with E-state index in [1.807, 2.05) is 38.2 Å². The highest BCUT2D eigenvalue weighted by atomic mass is 127. The minimum Gasteiger partial charge on any atom is -0.497 e. The van der Waals surface area contributed by atoms with Crippen LogP contribution in [0.25, 0.3) is 0 Å². The maximum atomic E-state index is 5.24. The molecule has 3 rings (SSSR count). The zero-order valence-corrected chi connectivity index (χ0v) is 20.0. The Hall–Kier alpha value is -1.75. The van der Waals surface area contributed by atoms with Gasteiger partial charge in [0.05, 0.1) is 19.3 Å². The maximum Gasteiger partial charge on any atom is 0.194 e. The molecular weight excluding hydrogens is 487 g/mol. The predicted octanol–water partition coefficient (Wildman–Crippen LogP) is 2.73. The summed E-state index contributed by atoms with van der Waals surface area (Å²) in [7, 11) is 7.55. The smallest absolute Gasteiger partial charge is 0.194 e. The van der Waals surface area contributed by atoms with Crippen LogP contribution in [0.1, 0.15) is 5.69 Å². The highest BCUT2D eigenvalue weighted by molar-refractivity contribution is 14.0. The highest BCUT2D eigenvalue weighted by Gasteiger charge is 2.20. The summed E-state index contributed by atoms with van der Waals surface area (Å²) in [4.78, 5) is 15.8. The van der Waals surface area contributed by atoms with Gasteiger partial charge < -0.3 is 24.8 Å². The van der Waals surface area contributed by atoms with Gasteiger partial charge in [-0.05, 0) is 24.3 Å². The van der Waals surface area contributed by atoms with Gasteiger partial charge in [0.25, 0.3) is 0 Å². The SMILES string of the molecule is CN=C(NCc1csc(N(C)C)n1)N1CCN(c2ccc(OC)cc2)CC1.I. The van der Waals surface area contributed by atoms with Gasteiger partial charge in [-0.3, -0.25) is 4.99 Å². The minimum absolute atomic E-state index is 0. The molecule has 1 saturated heterocycles. The van der Waals surface area contributed by atoms with Crippen LogP contribution in [-0.4, -0.2) is 70.3 Å². The van der Waals surface area contributed by atoms with Crippen LogP contribution in [-0.2, 0) is 6.54 Å². The van der Waals surface area contributed by atoms with Crippen molar-refractivity contribution in [3.8, 4) is 5.75 Å². The van der Waals surface area contributed by atoms with Crippen LogP contribution < -0.4 is 19.9 Å². The zero-order chi connectivity index (χ0) is 19.2. The third kappa shape index (κ3) is 5.63. The van der Waals surface area contributed by atoms with E-state index in [0.29, 0.717) is 6.54 Å². The molecule has 0 unspecified atom stereocenters. The molecule has 1 aliphatic heterocycles. The first-order valence-corrected chi connectivity index (χ1v) is 9.95. The van der Waals surface area contributed by atoms with Crippen LogP contribution in [0.3, 0.4) is 0 Å². The van der Waals surface area contributed by atoms with E-state index in [1.54, 1.807) is 18.4 Å². The first-order valence-electron chi connectivity index (χ1n) is 9.07. The molecule has 1 N–H and O–H groups in total. The van der Waals surface area contributed by atoms with Gasteiger partial charge >= 0.3 is 0 Å². The zero-order valence-electron chi connectivity index (χ0n) is 16.9. The van der Waals surface area contributed by atoms with E-state index in [2.05, 4.69) is 42.6 Å². The van der Waals surface area contributed by atoms with Crippen LogP contribution in [0.5, 0.6) is 5.75 Å². The number of piperazine rings is 1. The van der Waals surface area contributed by atoms with Crippen LogP contribution in [0.4, 0.5) is 10.8 Å². The third-order valence-electron chi connectivity index (χ3n) is 4.58. The molecule has 0 amide bonds. The number of hydrogen-bond donors (Lipinski definition) is 1. The van der Waals surface area contributed by atoms with E-state index in [-0.39, 0.29) is 24.0 Å². The first-order chi connectivity index (χ1) is 13.1. The summed E-state index contributed by atoms with van der Waals surface area (Å²) in [6.07, 6.45) is 0. The molecule has 1 aromatic carbocycles. The fraction of sp³-hybridized carbons (Fsp3) is 0.474. The average Bonchev–Trinajstić information content (AvgIpc) is 3.18. The van der Waals surface area contributed by atoms with Crippen LogP contribution in [0.2, 0.25) is 0 Å². The lowest BCUT2D eigenvalue weighted by atomic mass is 10.2. The molecule has 0 aliphatic carbocycles. The Morgan fingerprint density at radius 2 is 1.89 bits per heavy atom. The average molecular weight is 516 g/mol. The lowest BCUT2D eigenvalue weighted by Gasteiger charge is -2.37. The number of thiazole rings is 1. The Kier molecular flexibility index (Phi) is 8.61. The van der Waals surface area contributed by atoms with Crippen molar-refractivity contribution in [1.29, 1.82) is 0 Å². The molecule has 2 aromatic rings. The second-order valence-electron chi connectivity index (χ2n) is 6.59. The summed E-state index contributed by atoms with van der Waals surface area (Å²) in [5.41, 5.74) is 2.28. The molecule has 0 radical (unpaired) electrons. The Morgan fingerprint density at radius 1 is 1.21 bits per heavy atom. The fourth-order valence-electron chi connectivity index (χ4n) is 3.05. The number of rotatable bonds is 5. The molecule has 1 aliphatic rings. The summed E-state index contributed by atoms with van der Waals surface area (Å²) in [5.74, 6) is 1.82. The number of hydrogen-bond acceptors (Lipinski definition) is 6. The van der Waals surface area contributed by atoms with Gasteiger partial charge in [0.1, 0.15) is 5.75 Å². The van der Waals surface area contributed by atoms with Gasteiger partial charge in [0, 0.05) is 58.4 Å². The molecule has 7 nitrogen and oxygen atoms in total. The fourth-order valence-corrected chi connectivity index (χ4v) is 3.81. The summed E-state index contributed by atoms with van der Waals surface area (Å²) in [5, 5.41) is 6.56. The minimum atomic E-state index is 0. The van der Waals surface area contributed by atoms with Crippen molar-refractivity contribution in [1.82, 2.24) is 15.2 Å². The van der Waals surface area contributed by atoms with Crippen molar-refractivity contribution in [2.75, 3.05) is 64.2 Å². The molecule has 1 fully saturated rings. The number of anilines is 2. The molecule has 0 saturated carbocycles. The van der Waals surface area contributed by atoms with Gasteiger partial charge in [-0.1, -0.05) is 0 Å². The van der Waals surface area contributed by atoms with E-state index in [4.69, 9.17) is 4.74 Å². The molecule has 0 atom stereocenters. The summed E-state index contributed by atoms with van der Waals surface area (Å²) >= 11 is 1.66. The lowest BCUT2D eigenvalue weighted by molar-refractivity contribution is 0.372. The Balaban J connectivity index is 0.00000280. The lowest BCUT2D eigenvalue weighted by Crippen LogP contribution is -2.52. The highest BCUT2D eigenvalue weighted by Crippen LogP contribution is 2.21. The molecule has 0 bridgehead atoms. The van der Waals surface area contributed by atoms with E-state index in [0.717, 1.165) is 48.7 Å². The second kappa shape index (κ2) is 10.7. The topological polar surface area (TPSA) is 56.2 Å². The summed E-state index contributed by atoms with van der Waals surface area (Å²) < 4.78 is 5.24. The van der Waals surface area contributed by atoms with E-state index in [9.17, 15) is 0 Å². The maximum absolute atomic E-state index is 5.24. The number of aliphatic imine (C=N–C) groups is 1. The van der Waals surface area contributed by atoms with Crippen molar-refractivity contribution < 1.29 is 4.74 Å². The number of methoxy groups -OCH3 is 1. The van der Waals surface area contributed by atoms with E-state index >= 15 is 0 Å². The number of nitrogens with zero attached hydrogens (tertiary/aromatic N) is 5. The summed E-state index contributed by atoms with van der Waals surface area (Å²) in [6, 6.07) is 8.26. The molecular formula is C19H29IN6OS. The van der Waals surface area contributed by atoms with Crippen molar-refractivity contribution in [3.63, 3.8) is 0 Å². The van der Waals surface area contributed by atoms with Gasteiger partial charge in [-0.15, -0.1) is 35.3 Å². The molecule has 1 aromatic heterocycles. The van der Waals surface area contributed by atoms with Crippen molar-refractivity contribution in [2.45, 2.75) is 6.54 Å². The largest absolute Gasteiger partial charge is 0.497 e. The first kappa shape index (κ1) is 22.5. The number of nitrogens with one attached hydrogen (secondary N) is 1. The van der Waals surface area contributed by atoms with E-state index < -0.39 is 0 Å². The number of ether oxygens (including phenoxy) is 1. The third-order valence-corrected chi connectivity index (χ3v) is 5.64. The van der Waals surface area contributed by atoms with Gasteiger partial charge in [0.15, 0.2) is 11.1 Å². The van der Waals surface area contributed by atoms with Gasteiger partial charge in [0.2, 0.25) is 0 Å². The Bertz CT molecular complexity index is 756. The van der Waals surface area contributed by atoms with Crippen molar-refractivity contribution >= 4 is 52.1 Å². The van der Waals surface area contributed by atoms with Crippen LogP contribution in [0, 0.1) is 0 Å². The number of halogens is 1. The van der Waals surface area contributed by atoms with Gasteiger partial charge in [-0.2, -0.15) is 0 Å². The molecule has 28 heavy (non-hydrogen) atoms. The Labute approximate surface area is 188 Å².